The number of nitrogens with zero attached hydrogens (tertiary/aromatic N) is 1. The number of thioether (sulfide) groups is 1. The zero-order valence-electron chi connectivity index (χ0n) is 16.7. The topological polar surface area (TPSA) is 96.3 Å². The number of nitrogens with two attached hydrogens (primary N) is 1. The molecule has 1 aromatic carbocycles. The van der Waals surface area contributed by atoms with Crippen LogP contribution < -0.4 is 5.73 Å². The molecule has 1 amide bonds. The number of amides is 1. The van der Waals surface area contributed by atoms with Gasteiger partial charge < -0.3 is 10.7 Å². The molecule has 0 atom stereocenters. The maximum Gasteiger partial charge on any atom is 0.250 e. The SMILES string of the molecule is CCS(=O)(=O)N1CCC(c2c[nH]c3c(C(N)=O)cc(SCC(C)C)cc23)CC1. The van der Waals surface area contributed by atoms with Gasteiger partial charge in [-0.25, -0.2) is 12.7 Å². The lowest BCUT2D eigenvalue weighted by atomic mass is 9.89. The molecular weight excluding hydrogens is 394 g/mol. The third-order valence-electron chi connectivity index (χ3n) is 5.30. The summed E-state index contributed by atoms with van der Waals surface area (Å²) in [4.78, 5) is 16.3. The van der Waals surface area contributed by atoms with Crippen molar-refractivity contribution < 1.29 is 13.2 Å². The molecule has 1 saturated heterocycles. The lowest BCUT2D eigenvalue weighted by Gasteiger charge is -2.31. The van der Waals surface area contributed by atoms with E-state index in [0.717, 1.165) is 40.0 Å². The summed E-state index contributed by atoms with van der Waals surface area (Å²) >= 11 is 1.73. The molecule has 0 saturated carbocycles. The molecule has 1 aromatic heterocycles. The van der Waals surface area contributed by atoms with E-state index in [0.29, 0.717) is 24.6 Å². The van der Waals surface area contributed by atoms with E-state index >= 15 is 0 Å². The minimum absolute atomic E-state index is 0.142. The number of primary amides is 1. The monoisotopic (exact) mass is 423 g/mol. The molecule has 0 bridgehead atoms. The Kier molecular flexibility index (Phi) is 6.41. The second kappa shape index (κ2) is 8.47. The van der Waals surface area contributed by atoms with Crippen molar-refractivity contribution in [2.45, 2.75) is 44.4 Å². The lowest BCUT2D eigenvalue weighted by Crippen LogP contribution is -2.38. The van der Waals surface area contributed by atoms with Crippen molar-refractivity contribution in [2.75, 3.05) is 24.6 Å². The summed E-state index contributed by atoms with van der Waals surface area (Å²) in [5.41, 5.74) is 8.08. The Morgan fingerprint density at radius 1 is 1.32 bits per heavy atom. The molecule has 3 N–H and O–H groups in total. The fraction of sp³-hybridized carbons (Fsp3) is 0.550. The highest BCUT2D eigenvalue weighted by Crippen LogP contribution is 2.37. The van der Waals surface area contributed by atoms with E-state index in [1.54, 1.807) is 23.0 Å². The molecule has 2 heterocycles. The van der Waals surface area contributed by atoms with Gasteiger partial charge in [0.15, 0.2) is 0 Å². The van der Waals surface area contributed by atoms with Crippen molar-refractivity contribution in [2.24, 2.45) is 11.7 Å². The highest BCUT2D eigenvalue weighted by atomic mass is 32.2. The van der Waals surface area contributed by atoms with Crippen LogP contribution in [0.25, 0.3) is 10.9 Å². The number of aromatic amines is 1. The number of nitrogens with one attached hydrogen (secondary N) is 1. The summed E-state index contributed by atoms with van der Waals surface area (Å²) in [5.74, 6) is 1.49. The zero-order chi connectivity index (χ0) is 20.5. The minimum atomic E-state index is -3.14. The summed E-state index contributed by atoms with van der Waals surface area (Å²) in [6.45, 7) is 7.10. The van der Waals surface area contributed by atoms with E-state index in [1.807, 2.05) is 12.3 Å². The van der Waals surface area contributed by atoms with Gasteiger partial charge in [-0.05, 0) is 49.3 Å². The minimum Gasteiger partial charge on any atom is -0.366 e. The number of piperidine rings is 1. The van der Waals surface area contributed by atoms with E-state index in [4.69, 9.17) is 5.73 Å². The standard InChI is InChI=1S/C20H29N3O3S2/c1-4-28(25,26)23-7-5-14(6-8-23)18-11-22-19-16(18)9-15(27-12-13(2)3)10-17(19)20(21)24/h9-11,13-14,22H,4-8,12H2,1-3H3,(H2,21,24). The molecule has 28 heavy (non-hydrogen) atoms. The molecule has 1 aliphatic rings. The first-order chi connectivity index (χ1) is 13.2. The molecule has 3 rings (SSSR count). The molecule has 1 fully saturated rings. The summed E-state index contributed by atoms with van der Waals surface area (Å²) < 4.78 is 25.8. The molecule has 6 nitrogen and oxygen atoms in total. The second-order valence-corrected chi connectivity index (χ2v) is 11.1. The number of benzene rings is 1. The Hall–Kier alpha value is -1.51. The van der Waals surface area contributed by atoms with Crippen LogP contribution in [0.15, 0.2) is 23.2 Å². The van der Waals surface area contributed by atoms with Crippen LogP contribution >= 0.6 is 11.8 Å². The van der Waals surface area contributed by atoms with Crippen molar-refractivity contribution in [1.29, 1.82) is 0 Å². The van der Waals surface area contributed by atoms with Gasteiger partial charge in [0.1, 0.15) is 0 Å². The first-order valence-electron chi connectivity index (χ1n) is 9.78. The number of fused-ring (bicyclic) bond motifs is 1. The summed E-state index contributed by atoms with van der Waals surface area (Å²) in [5, 5.41) is 1.03. The predicted molar refractivity (Wildman–Crippen MR) is 115 cm³/mol. The van der Waals surface area contributed by atoms with Gasteiger partial charge in [-0.3, -0.25) is 4.79 Å². The van der Waals surface area contributed by atoms with Gasteiger partial charge in [0.2, 0.25) is 10.0 Å². The number of sulfonamides is 1. The van der Waals surface area contributed by atoms with Gasteiger partial charge in [-0.1, -0.05) is 13.8 Å². The fourth-order valence-corrected chi connectivity index (χ4v) is 5.79. The van der Waals surface area contributed by atoms with Gasteiger partial charge in [0.25, 0.3) is 5.91 Å². The maximum atomic E-state index is 12.1. The quantitative estimate of drug-likeness (QED) is 0.666. The van der Waals surface area contributed by atoms with E-state index in [9.17, 15) is 13.2 Å². The van der Waals surface area contributed by atoms with Crippen LogP contribution in [0.2, 0.25) is 0 Å². The number of aromatic nitrogens is 1. The third-order valence-corrected chi connectivity index (χ3v) is 8.58. The average Bonchev–Trinajstić information content (AvgIpc) is 3.09. The average molecular weight is 424 g/mol. The van der Waals surface area contributed by atoms with Crippen LogP contribution in [0, 0.1) is 5.92 Å². The summed E-state index contributed by atoms with van der Waals surface area (Å²) in [6, 6.07) is 4.00. The molecule has 1 aliphatic heterocycles. The first-order valence-corrected chi connectivity index (χ1v) is 12.4. The highest BCUT2D eigenvalue weighted by Gasteiger charge is 2.29. The molecule has 8 heteroatoms. The van der Waals surface area contributed by atoms with Gasteiger partial charge in [-0.2, -0.15) is 0 Å². The van der Waals surface area contributed by atoms with Crippen molar-refractivity contribution in [3.05, 3.63) is 29.5 Å². The van der Waals surface area contributed by atoms with E-state index < -0.39 is 15.9 Å². The van der Waals surface area contributed by atoms with Crippen molar-refractivity contribution >= 4 is 38.6 Å². The predicted octanol–water partition coefficient (Wildman–Crippen LogP) is 3.54. The first kappa shape index (κ1) is 21.2. The molecule has 0 radical (unpaired) electrons. The van der Waals surface area contributed by atoms with Crippen LogP contribution in [0.5, 0.6) is 0 Å². The van der Waals surface area contributed by atoms with Crippen molar-refractivity contribution in [3.8, 4) is 0 Å². The fourth-order valence-electron chi connectivity index (χ4n) is 3.73. The molecule has 154 valence electrons. The Bertz CT molecular complexity index is 958. The van der Waals surface area contributed by atoms with Crippen LogP contribution in [-0.2, 0) is 10.0 Å². The molecular formula is C20H29N3O3S2. The number of rotatable bonds is 7. The largest absolute Gasteiger partial charge is 0.366 e. The van der Waals surface area contributed by atoms with E-state index in [1.165, 1.54) is 0 Å². The number of carbonyl (C=O) groups is 1. The Morgan fingerprint density at radius 2 is 2.00 bits per heavy atom. The normalized spacial score (nSPS) is 16.9. The van der Waals surface area contributed by atoms with Crippen molar-refractivity contribution in [3.63, 3.8) is 0 Å². The Balaban J connectivity index is 1.91. The van der Waals surface area contributed by atoms with Gasteiger partial charge in [0, 0.05) is 35.3 Å². The lowest BCUT2D eigenvalue weighted by molar-refractivity contribution is 0.100. The van der Waals surface area contributed by atoms with Crippen molar-refractivity contribution in [1.82, 2.24) is 9.29 Å². The van der Waals surface area contributed by atoms with Crippen LogP contribution in [-0.4, -0.2) is 48.2 Å². The second-order valence-electron chi connectivity index (χ2n) is 7.78. The van der Waals surface area contributed by atoms with Crippen LogP contribution in [0.3, 0.4) is 0 Å². The van der Waals surface area contributed by atoms with E-state index in [-0.39, 0.29) is 11.7 Å². The third kappa shape index (κ3) is 4.39. The van der Waals surface area contributed by atoms with Crippen LogP contribution in [0.4, 0.5) is 0 Å². The number of H-pyrrole nitrogens is 1. The number of hydrogen-bond acceptors (Lipinski definition) is 4. The summed E-state index contributed by atoms with van der Waals surface area (Å²) in [7, 11) is -3.14. The van der Waals surface area contributed by atoms with Gasteiger partial charge in [-0.15, -0.1) is 11.8 Å². The van der Waals surface area contributed by atoms with Crippen LogP contribution in [0.1, 0.15) is 55.5 Å². The van der Waals surface area contributed by atoms with E-state index in [2.05, 4.69) is 24.9 Å². The maximum absolute atomic E-state index is 12.1. The molecule has 2 aromatic rings. The number of carbonyl (C=O) groups excluding carboxylic acids is 1. The highest BCUT2D eigenvalue weighted by molar-refractivity contribution is 7.99. The van der Waals surface area contributed by atoms with Gasteiger partial charge in [0.05, 0.1) is 16.8 Å². The molecule has 0 unspecified atom stereocenters. The zero-order valence-corrected chi connectivity index (χ0v) is 18.3. The summed E-state index contributed by atoms with van der Waals surface area (Å²) in [6.07, 6.45) is 3.52. The molecule has 0 aliphatic carbocycles. The van der Waals surface area contributed by atoms with Gasteiger partial charge >= 0.3 is 0 Å². The Morgan fingerprint density at radius 3 is 2.57 bits per heavy atom. The Labute approximate surface area is 171 Å². The smallest absolute Gasteiger partial charge is 0.250 e. The number of hydrogen-bond donors (Lipinski definition) is 2. The molecule has 0 spiro atoms.